The Morgan fingerprint density at radius 2 is 1.00 bits per heavy atom. The summed E-state index contributed by atoms with van der Waals surface area (Å²) >= 11 is 0. The molecule has 0 aromatic heterocycles. The maximum Gasteiger partial charge on any atom is 0.305 e. The molecule has 0 saturated heterocycles. The summed E-state index contributed by atoms with van der Waals surface area (Å²) in [6.07, 6.45) is 45.6. The number of nitrogens with one attached hydrogen (secondary N) is 1. The highest BCUT2D eigenvalue weighted by atomic mass is 16.5. The van der Waals surface area contributed by atoms with E-state index >= 15 is 0 Å². The average molecular weight is 720 g/mol. The van der Waals surface area contributed by atoms with Crippen LogP contribution in [0, 0.1) is 0 Å². The van der Waals surface area contributed by atoms with E-state index in [0.29, 0.717) is 25.9 Å². The molecule has 2 atom stereocenters. The first-order valence-corrected chi connectivity index (χ1v) is 22.1. The molecule has 3 N–H and O–H groups in total. The molecule has 2 unspecified atom stereocenters. The van der Waals surface area contributed by atoms with Crippen molar-refractivity contribution in [3.8, 4) is 0 Å². The number of unbranched alkanes of at least 4 members (excludes halogenated alkanes) is 25. The predicted molar refractivity (Wildman–Crippen MR) is 218 cm³/mol. The van der Waals surface area contributed by atoms with Gasteiger partial charge in [0, 0.05) is 12.8 Å². The van der Waals surface area contributed by atoms with Crippen LogP contribution in [0.3, 0.4) is 0 Å². The summed E-state index contributed by atoms with van der Waals surface area (Å²) in [4.78, 5) is 24.3. The smallest absolute Gasteiger partial charge is 0.305 e. The molecule has 0 rings (SSSR count). The number of allylic oxidation sites excluding steroid dienone is 4. The minimum absolute atomic E-state index is 0.0294. The number of ether oxygens (including phenoxy) is 1. The number of hydrogen-bond donors (Lipinski definition) is 3. The lowest BCUT2D eigenvalue weighted by molar-refractivity contribution is -0.143. The molecule has 6 heteroatoms. The third kappa shape index (κ3) is 37.9. The number of esters is 1. The molecule has 0 radical (unpaired) electrons. The molecule has 300 valence electrons. The van der Waals surface area contributed by atoms with Crippen molar-refractivity contribution in [1.82, 2.24) is 5.32 Å². The van der Waals surface area contributed by atoms with Gasteiger partial charge in [-0.05, 0) is 51.4 Å². The van der Waals surface area contributed by atoms with Crippen molar-refractivity contribution in [2.45, 2.75) is 238 Å². The van der Waals surface area contributed by atoms with Crippen molar-refractivity contribution in [3.63, 3.8) is 0 Å². The highest BCUT2D eigenvalue weighted by Gasteiger charge is 2.20. The summed E-state index contributed by atoms with van der Waals surface area (Å²) in [5.74, 6) is -0.0879. The van der Waals surface area contributed by atoms with E-state index in [2.05, 4.69) is 43.5 Å². The lowest BCUT2D eigenvalue weighted by Crippen LogP contribution is -2.45. The zero-order valence-corrected chi connectivity index (χ0v) is 33.8. The Balaban J connectivity index is 3.47. The highest BCUT2D eigenvalue weighted by Crippen LogP contribution is 2.15. The monoisotopic (exact) mass is 720 g/mol. The van der Waals surface area contributed by atoms with Crippen molar-refractivity contribution in [3.05, 3.63) is 24.3 Å². The molecule has 0 spiro atoms. The van der Waals surface area contributed by atoms with E-state index in [1.165, 1.54) is 122 Å². The minimum atomic E-state index is -0.674. The Morgan fingerprint density at radius 3 is 1.55 bits per heavy atom. The third-order valence-corrected chi connectivity index (χ3v) is 10.0. The van der Waals surface area contributed by atoms with Crippen LogP contribution in [0.1, 0.15) is 226 Å². The number of aliphatic hydroxyl groups is 2. The van der Waals surface area contributed by atoms with Crippen molar-refractivity contribution >= 4 is 11.9 Å². The number of rotatable bonds is 40. The molecule has 0 heterocycles. The molecule has 6 nitrogen and oxygen atoms in total. The van der Waals surface area contributed by atoms with Crippen LogP contribution in [0.2, 0.25) is 0 Å². The van der Waals surface area contributed by atoms with Gasteiger partial charge in [0.05, 0.1) is 25.4 Å². The second-order valence-corrected chi connectivity index (χ2v) is 15.0. The molecular weight excluding hydrogens is 634 g/mol. The van der Waals surface area contributed by atoms with Gasteiger partial charge in [0.15, 0.2) is 0 Å². The minimum Gasteiger partial charge on any atom is -0.466 e. The van der Waals surface area contributed by atoms with Gasteiger partial charge in [0.25, 0.3) is 0 Å². The molecular formula is C45H85NO5. The van der Waals surface area contributed by atoms with Crippen molar-refractivity contribution in [1.29, 1.82) is 0 Å². The topological polar surface area (TPSA) is 95.9 Å². The molecule has 0 aliphatic heterocycles. The van der Waals surface area contributed by atoms with Gasteiger partial charge in [0.2, 0.25) is 5.91 Å². The first-order chi connectivity index (χ1) is 25.0. The number of aliphatic hydroxyl groups excluding tert-OH is 2. The molecule has 0 saturated carbocycles. The van der Waals surface area contributed by atoms with Crippen molar-refractivity contribution < 1.29 is 24.5 Å². The Hall–Kier alpha value is -1.66. The molecule has 51 heavy (non-hydrogen) atoms. The number of carbonyl (C=O) groups is 2. The summed E-state index contributed by atoms with van der Waals surface area (Å²) in [7, 11) is 0. The van der Waals surface area contributed by atoms with Crippen molar-refractivity contribution in [2.75, 3.05) is 13.2 Å². The average Bonchev–Trinajstić information content (AvgIpc) is 3.13. The number of amides is 1. The lowest BCUT2D eigenvalue weighted by Gasteiger charge is -2.22. The normalized spacial score (nSPS) is 12.9. The van der Waals surface area contributed by atoms with Crippen LogP contribution in [0.15, 0.2) is 24.3 Å². The van der Waals surface area contributed by atoms with E-state index in [1.807, 2.05) is 0 Å². The Kier molecular flexibility index (Phi) is 39.8. The molecule has 0 aliphatic rings. The first kappa shape index (κ1) is 49.3. The van der Waals surface area contributed by atoms with Crippen LogP contribution in [0.5, 0.6) is 0 Å². The van der Waals surface area contributed by atoms with Gasteiger partial charge < -0.3 is 20.3 Å². The third-order valence-electron chi connectivity index (χ3n) is 10.0. The predicted octanol–water partition coefficient (Wildman–Crippen LogP) is 12.4. The van der Waals surface area contributed by atoms with Gasteiger partial charge in [-0.25, -0.2) is 0 Å². The van der Waals surface area contributed by atoms with Crippen molar-refractivity contribution in [2.24, 2.45) is 0 Å². The SMILES string of the molecule is CCCC/C=C\C/C=C\CCCCCCCC(=O)OCCCCCCCCCCCCCC(=O)NC(CO)C(O)CCCCCCCCCCC. The van der Waals surface area contributed by atoms with E-state index < -0.39 is 12.1 Å². The van der Waals surface area contributed by atoms with Gasteiger partial charge in [-0.15, -0.1) is 0 Å². The largest absolute Gasteiger partial charge is 0.466 e. The van der Waals surface area contributed by atoms with Gasteiger partial charge in [-0.3, -0.25) is 9.59 Å². The molecule has 0 aromatic carbocycles. The van der Waals surface area contributed by atoms with Gasteiger partial charge in [-0.2, -0.15) is 0 Å². The fourth-order valence-electron chi connectivity index (χ4n) is 6.54. The molecule has 0 fully saturated rings. The van der Waals surface area contributed by atoms with Gasteiger partial charge in [-0.1, -0.05) is 186 Å². The quantitative estimate of drug-likeness (QED) is 0.0333. The highest BCUT2D eigenvalue weighted by molar-refractivity contribution is 5.76. The Morgan fingerprint density at radius 1 is 0.549 bits per heavy atom. The summed E-state index contributed by atoms with van der Waals surface area (Å²) in [6.45, 7) is 4.82. The fourth-order valence-corrected chi connectivity index (χ4v) is 6.54. The van der Waals surface area contributed by atoms with E-state index in [4.69, 9.17) is 4.74 Å². The summed E-state index contributed by atoms with van der Waals surface area (Å²) < 4.78 is 5.43. The second-order valence-electron chi connectivity index (χ2n) is 15.0. The van der Waals surface area contributed by atoms with Crippen LogP contribution < -0.4 is 5.32 Å². The Labute approximate surface area is 316 Å². The van der Waals surface area contributed by atoms with Crippen LogP contribution >= 0.6 is 0 Å². The van der Waals surface area contributed by atoms with Crippen LogP contribution in [-0.2, 0) is 14.3 Å². The Bertz CT molecular complexity index is 797. The van der Waals surface area contributed by atoms with Crippen LogP contribution in [0.25, 0.3) is 0 Å². The lowest BCUT2D eigenvalue weighted by atomic mass is 10.0. The maximum atomic E-state index is 12.3. The zero-order chi connectivity index (χ0) is 37.3. The van der Waals surface area contributed by atoms with E-state index in [9.17, 15) is 19.8 Å². The summed E-state index contributed by atoms with van der Waals surface area (Å²) in [5.41, 5.74) is 0. The second kappa shape index (κ2) is 41.1. The number of carbonyl (C=O) groups excluding carboxylic acids is 2. The maximum absolute atomic E-state index is 12.3. The van der Waals surface area contributed by atoms with Gasteiger partial charge >= 0.3 is 5.97 Å². The molecule has 0 aromatic rings. The molecule has 1 amide bonds. The molecule has 0 aliphatic carbocycles. The standard InChI is InChI=1S/C45H85NO5/c1-3-5-7-9-11-13-14-15-16-19-23-27-31-35-39-45(50)51-40-36-32-28-24-20-17-18-22-26-30-34-38-44(49)46-42(41-47)43(48)37-33-29-25-21-12-10-8-6-4-2/h9,11,14-15,42-43,47-48H,3-8,10,12-13,16-41H2,1-2H3,(H,46,49)/b11-9-,15-14-. The first-order valence-electron chi connectivity index (χ1n) is 22.1. The number of hydrogen-bond acceptors (Lipinski definition) is 5. The van der Waals surface area contributed by atoms with Gasteiger partial charge in [0.1, 0.15) is 0 Å². The van der Waals surface area contributed by atoms with E-state index in [0.717, 1.165) is 70.6 Å². The fraction of sp³-hybridized carbons (Fsp3) is 0.867. The summed E-state index contributed by atoms with van der Waals surface area (Å²) in [6, 6.07) is -0.553. The molecule has 0 bridgehead atoms. The van der Waals surface area contributed by atoms with E-state index in [-0.39, 0.29) is 18.5 Å². The van der Waals surface area contributed by atoms with Crippen LogP contribution in [0.4, 0.5) is 0 Å². The summed E-state index contributed by atoms with van der Waals surface area (Å²) in [5, 5.41) is 23.0. The van der Waals surface area contributed by atoms with Crippen LogP contribution in [-0.4, -0.2) is 47.4 Å². The van der Waals surface area contributed by atoms with E-state index in [1.54, 1.807) is 0 Å². The zero-order valence-electron chi connectivity index (χ0n) is 33.8.